The summed E-state index contributed by atoms with van der Waals surface area (Å²) >= 11 is 0. The molecule has 55 heavy (non-hydrogen) atoms. The molecular formula is C51H34N4. The van der Waals surface area contributed by atoms with Crippen molar-refractivity contribution in [3.63, 3.8) is 0 Å². The van der Waals surface area contributed by atoms with Crippen molar-refractivity contribution in [1.82, 2.24) is 19.4 Å². The van der Waals surface area contributed by atoms with E-state index in [9.17, 15) is 0 Å². The van der Waals surface area contributed by atoms with Crippen LogP contribution in [0, 0.1) is 0 Å². The van der Waals surface area contributed by atoms with Crippen LogP contribution < -0.4 is 0 Å². The lowest BCUT2D eigenvalue weighted by Gasteiger charge is -2.14. The van der Waals surface area contributed by atoms with Crippen molar-refractivity contribution in [2.24, 2.45) is 0 Å². The van der Waals surface area contributed by atoms with Gasteiger partial charge in [-0.15, -0.1) is 0 Å². The van der Waals surface area contributed by atoms with Gasteiger partial charge in [-0.2, -0.15) is 0 Å². The van der Waals surface area contributed by atoms with Crippen LogP contribution in [0.2, 0.25) is 0 Å². The number of aromatic nitrogens is 4. The molecule has 3 aromatic heterocycles. The molecule has 258 valence electrons. The molecule has 7 aromatic carbocycles. The maximum Gasteiger partial charge on any atom is 0.137 e. The van der Waals surface area contributed by atoms with Gasteiger partial charge in [-0.1, -0.05) is 158 Å². The zero-order valence-electron chi connectivity index (χ0n) is 29.9. The summed E-state index contributed by atoms with van der Waals surface area (Å²) < 4.78 is 2.18. The summed E-state index contributed by atoms with van der Waals surface area (Å²) in [6.45, 7) is 0. The number of pyridine rings is 1. The first-order valence-corrected chi connectivity index (χ1v) is 18.5. The Hall–Kier alpha value is -7.43. The third kappa shape index (κ3) is 6.16. The van der Waals surface area contributed by atoms with Crippen LogP contribution in [0.5, 0.6) is 0 Å². The number of imidazole rings is 1. The van der Waals surface area contributed by atoms with E-state index in [0.717, 1.165) is 84.0 Å². The van der Waals surface area contributed by atoms with E-state index in [0.29, 0.717) is 0 Å². The van der Waals surface area contributed by atoms with Crippen LogP contribution in [0.15, 0.2) is 206 Å². The highest BCUT2D eigenvalue weighted by Gasteiger charge is 2.17. The van der Waals surface area contributed by atoms with Crippen molar-refractivity contribution in [3.8, 4) is 78.4 Å². The second-order valence-corrected chi connectivity index (χ2v) is 13.7. The van der Waals surface area contributed by atoms with Crippen LogP contribution in [0.1, 0.15) is 0 Å². The molecule has 0 saturated carbocycles. The van der Waals surface area contributed by atoms with Crippen LogP contribution in [-0.4, -0.2) is 19.4 Å². The van der Waals surface area contributed by atoms with E-state index in [1.54, 1.807) is 0 Å². The zero-order valence-corrected chi connectivity index (χ0v) is 29.9. The molecule has 0 radical (unpaired) electrons. The van der Waals surface area contributed by atoms with Gasteiger partial charge in [0.05, 0.1) is 33.8 Å². The normalized spacial score (nSPS) is 11.3. The minimum absolute atomic E-state index is 0.872. The van der Waals surface area contributed by atoms with Gasteiger partial charge in [0.25, 0.3) is 0 Å². The highest BCUT2D eigenvalue weighted by molar-refractivity contribution is 5.88. The minimum atomic E-state index is 0.872. The second-order valence-electron chi connectivity index (χ2n) is 13.7. The summed E-state index contributed by atoms with van der Waals surface area (Å²) in [5.74, 6) is 0. The van der Waals surface area contributed by atoms with Gasteiger partial charge >= 0.3 is 0 Å². The summed E-state index contributed by atoms with van der Waals surface area (Å²) in [5.41, 5.74) is 17.7. The van der Waals surface area contributed by atoms with E-state index in [1.165, 1.54) is 11.1 Å². The Balaban J connectivity index is 1.05. The van der Waals surface area contributed by atoms with Crippen LogP contribution in [0.3, 0.4) is 0 Å². The molecule has 0 atom stereocenters. The number of hydrogen-bond acceptors (Lipinski definition) is 3. The Morgan fingerprint density at radius 1 is 0.273 bits per heavy atom. The van der Waals surface area contributed by atoms with Gasteiger partial charge in [0, 0.05) is 28.5 Å². The average molecular weight is 703 g/mol. The smallest absolute Gasteiger partial charge is 0.137 e. The average Bonchev–Trinajstić information content (AvgIpc) is 3.67. The first kappa shape index (κ1) is 32.2. The largest absolute Gasteiger partial charge is 0.299 e. The molecule has 0 saturated heterocycles. The topological polar surface area (TPSA) is 43.1 Å². The van der Waals surface area contributed by atoms with Crippen molar-refractivity contribution in [2.45, 2.75) is 0 Å². The minimum Gasteiger partial charge on any atom is -0.299 e. The molecule has 0 fully saturated rings. The van der Waals surface area contributed by atoms with Crippen molar-refractivity contribution in [3.05, 3.63) is 206 Å². The lowest BCUT2D eigenvalue weighted by atomic mass is 9.92. The van der Waals surface area contributed by atoms with Gasteiger partial charge in [-0.25, -0.2) is 15.0 Å². The van der Waals surface area contributed by atoms with Crippen LogP contribution in [-0.2, 0) is 0 Å². The molecule has 0 amide bonds. The number of nitrogens with zero attached hydrogens (tertiary/aromatic N) is 4. The second kappa shape index (κ2) is 13.8. The van der Waals surface area contributed by atoms with E-state index in [1.807, 2.05) is 54.6 Å². The number of fused-ring (bicyclic) bond motifs is 2. The first-order valence-electron chi connectivity index (χ1n) is 18.5. The molecule has 10 aromatic rings. The number of para-hydroxylation sites is 2. The van der Waals surface area contributed by atoms with Crippen molar-refractivity contribution in [1.29, 1.82) is 0 Å². The number of rotatable bonds is 7. The molecule has 0 spiro atoms. The zero-order chi connectivity index (χ0) is 36.6. The fourth-order valence-corrected chi connectivity index (χ4v) is 7.47. The van der Waals surface area contributed by atoms with Gasteiger partial charge in [0.15, 0.2) is 0 Å². The van der Waals surface area contributed by atoms with Crippen molar-refractivity contribution in [2.75, 3.05) is 0 Å². The molecular weight excluding hydrogens is 669 g/mol. The molecule has 10 rings (SSSR count). The summed E-state index contributed by atoms with van der Waals surface area (Å²) in [6, 6.07) is 70.1. The summed E-state index contributed by atoms with van der Waals surface area (Å²) in [7, 11) is 0. The van der Waals surface area contributed by atoms with Crippen molar-refractivity contribution < 1.29 is 0 Å². The van der Waals surface area contributed by atoms with Crippen LogP contribution in [0.25, 0.3) is 95.1 Å². The Labute approximate surface area is 319 Å². The maximum absolute atomic E-state index is 5.13. The predicted molar refractivity (Wildman–Crippen MR) is 226 cm³/mol. The van der Waals surface area contributed by atoms with Gasteiger partial charge in [-0.05, 0) is 75.8 Å². The molecule has 0 aliphatic carbocycles. The molecule has 0 unspecified atom stereocenters. The van der Waals surface area contributed by atoms with E-state index in [4.69, 9.17) is 15.0 Å². The molecule has 0 bridgehead atoms. The van der Waals surface area contributed by atoms with Crippen molar-refractivity contribution >= 4 is 16.7 Å². The molecule has 4 heteroatoms. The fraction of sp³-hybridized carbons (Fsp3) is 0. The molecule has 3 heterocycles. The van der Waals surface area contributed by atoms with E-state index in [2.05, 4.69) is 156 Å². The Kier molecular flexibility index (Phi) is 8.12. The highest BCUT2D eigenvalue weighted by atomic mass is 15.0. The monoisotopic (exact) mass is 702 g/mol. The molecule has 0 N–H and O–H groups in total. The fourth-order valence-electron chi connectivity index (χ4n) is 7.47. The SMILES string of the molecule is c1ccc(-c2cc(-c3ccc(-c4nc5ccccc5nc4-c4ccccc4)cc3)cc(-c3ccc(-c4c(-c5ccccc5)nc5ccccn45)cc3)c2)cc1. The summed E-state index contributed by atoms with van der Waals surface area (Å²) in [5, 5.41) is 0. The van der Waals surface area contributed by atoms with Gasteiger partial charge in [0.2, 0.25) is 0 Å². The quantitative estimate of drug-likeness (QED) is 0.166. The molecule has 0 aliphatic heterocycles. The van der Waals surface area contributed by atoms with E-state index in [-0.39, 0.29) is 0 Å². The van der Waals surface area contributed by atoms with Crippen LogP contribution in [0.4, 0.5) is 0 Å². The van der Waals surface area contributed by atoms with Gasteiger partial charge in [-0.3, -0.25) is 4.40 Å². The Morgan fingerprint density at radius 2 is 0.655 bits per heavy atom. The lowest BCUT2D eigenvalue weighted by Crippen LogP contribution is -1.95. The Bertz CT molecular complexity index is 2930. The third-order valence-electron chi connectivity index (χ3n) is 10.2. The highest BCUT2D eigenvalue weighted by Crippen LogP contribution is 2.38. The van der Waals surface area contributed by atoms with E-state index >= 15 is 0 Å². The predicted octanol–water partition coefficient (Wildman–Crippen LogP) is 12.9. The first-order chi connectivity index (χ1) is 27.2. The third-order valence-corrected chi connectivity index (χ3v) is 10.2. The maximum atomic E-state index is 5.13. The lowest BCUT2D eigenvalue weighted by molar-refractivity contribution is 1.19. The standard InChI is InChI=1S/C51H34N4/c1-4-14-35(15-5-1)42-32-43(36-23-27-40(28-24-36)49-48(38-16-6-2-7-17-38)52-45-20-10-11-21-46(45)53-49)34-44(33-42)37-25-29-41(30-26-37)51-50(39-18-8-3-9-19-39)54-47-22-12-13-31-55(47)51/h1-34H. The molecule has 0 aliphatic rings. The number of benzene rings is 7. The van der Waals surface area contributed by atoms with Crippen LogP contribution >= 0.6 is 0 Å². The Morgan fingerprint density at radius 3 is 1.18 bits per heavy atom. The van der Waals surface area contributed by atoms with Gasteiger partial charge in [0.1, 0.15) is 5.65 Å². The molecule has 4 nitrogen and oxygen atoms in total. The van der Waals surface area contributed by atoms with E-state index < -0.39 is 0 Å². The summed E-state index contributed by atoms with van der Waals surface area (Å²) in [6.07, 6.45) is 2.09. The number of hydrogen-bond donors (Lipinski definition) is 0. The summed E-state index contributed by atoms with van der Waals surface area (Å²) in [4.78, 5) is 15.3. The van der Waals surface area contributed by atoms with Gasteiger partial charge < -0.3 is 0 Å².